The van der Waals surface area contributed by atoms with Gasteiger partial charge in [0.05, 0.1) is 3.79 Å². The third-order valence-corrected chi connectivity index (χ3v) is 10.4. The van der Waals surface area contributed by atoms with Gasteiger partial charge in [-0.15, -0.1) is 11.3 Å². The average molecular weight is 555 g/mol. The van der Waals surface area contributed by atoms with Gasteiger partial charge in [-0.3, -0.25) is 4.79 Å². The number of nitrogens with zero attached hydrogens (tertiary/aromatic N) is 2. The molecule has 1 saturated carbocycles. The van der Waals surface area contributed by atoms with Gasteiger partial charge in [0.2, 0.25) is 15.9 Å². The molecule has 6 nitrogen and oxygen atoms in total. The number of carbonyl (C=O) groups is 1. The number of rotatable bonds is 6. The maximum atomic E-state index is 13.2. The van der Waals surface area contributed by atoms with Crippen LogP contribution < -0.4 is 9.62 Å². The van der Waals surface area contributed by atoms with E-state index in [9.17, 15) is 13.2 Å². The predicted molar refractivity (Wildman–Crippen MR) is 137 cm³/mol. The Balaban J connectivity index is 1.24. The van der Waals surface area contributed by atoms with Crippen LogP contribution in [0, 0.1) is 18.8 Å². The van der Waals surface area contributed by atoms with E-state index < -0.39 is 10.0 Å². The fourth-order valence-electron chi connectivity index (χ4n) is 4.89. The number of piperazine rings is 1. The highest BCUT2D eigenvalue weighted by atomic mass is 79.9. The SMILES string of the molecule is Cc1ccc(N2CCN(C(=O)C3CCC(CNS(=O)(=O)c4ccc(Br)s4)CC3)C[C@@H]2C)cc1. The normalized spacial score (nSPS) is 24.2. The van der Waals surface area contributed by atoms with E-state index in [4.69, 9.17) is 0 Å². The van der Waals surface area contributed by atoms with Crippen LogP contribution in [-0.2, 0) is 14.8 Å². The third kappa shape index (κ3) is 5.99. The fourth-order valence-corrected chi connectivity index (χ4v) is 8.06. The van der Waals surface area contributed by atoms with Crippen LogP contribution in [0.5, 0.6) is 0 Å². The minimum Gasteiger partial charge on any atom is -0.365 e. The van der Waals surface area contributed by atoms with Crippen LogP contribution in [0.15, 0.2) is 44.4 Å². The monoisotopic (exact) mass is 553 g/mol. The summed E-state index contributed by atoms with van der Waals surface area (Å²) in [5, 5.41) is 0. The number of aryl methyl sites for hydroxylation is 1. The van der Waals surface area contributed by atoms with Gasteiger partial charge in [-0.05, 0) is 85.6 Å². The molecule has 2 aromatic rings. The van der Waals surface area contributed by atoms with E-state index in [2.05, 4.69) is 63.7 Å². The van der Waals surface area contributed by atoms with Gasteiger partial charge < -0.3 is 9.80 Å². The molecule has 1 aromatic carbocycles. The Kier molecular flexibility index (Phi) is 7.83. The Labute approximate surface area is 209 Å². The molecule has 0 bridgehead atoms. The summed E-state index contributed by atoms with van der Waals surface area (Å²) in [7, 11) is -3.46. The summed E-state index contributed by atoms with van der Waals surface area (Å²) in [6, 6.07) is 12.2. The molecule has 1 aliphatic heterocycles. The molecule has 1 aliphatic carbocycles. The molecule has 33 heavy (non-hydrogen) atoms. The number of thiophene rings is 1. The Morgan fingerprint density at radius 2 is 1.79 bits per heavy atom. The lowest BCUT2D eigenvalue weighted by Gasteiger charge is -2.43. The molecular weight excluding hydrogens is 522 g/mol. The molecule has 2 aliphatic rings. The first-order chi connectivity index (χ1) is 15.7. The summed E-state index contributed by atoms with van der Waals surface area (Å²) in [5.74, 6) is 0.613. The van der Waals surface area contributed by atoms with Gasteiger partial charge >= 0.3 is 0 Å². The molecule has 2 heterocycles. The smallest absolute Gasteiger partial charge is 0.250 e. The minimum atomic E-state index is -3.46. The largest absolute Gasteiger partial charge is 0.365 e. The Hall–Kier alpha value is -1.42. The molecule has 0 unspecified atom stereocenters. The summed E-state index contributed by atoms with van der Waals surface area (Å²) in [5.41, 5.74) is 2.47. The number of anilines is 1. The second kappa shape index (κ2) is 10.5. The predicted octanol–water partition coefficient (Wildman–Crippen LogP) is 4.64. The number of nitrogens with one attached hydrogen (secondary N) is 1. The van der Waals surface area contributed by atoms with Gasteiger partial charge in [-0.1, -0.05) is 17.7 Å². The van der Waals surface area contributed by atoms with Crippen LogP contribution in [0.25, 0.3) is 0 Å². The Bertz CT molecular complexity index is 1060. The van der Waals surface area contributed by atoms with Crippen LogP contribution in [0.1, 0.15) is 38.2 Å². The highest BCUT2D eigenvalue weighted by Gasteiger charge is 2.33. The zero-order valence-corrected chi connectivity index (χ0v) is 22.4. The highest BCUT2D eigenvalue weighted by molar-refractivity contribution is 9.11. The van der Waals surface area contributed by atoms with Crippen LogP contribution in [0.2, 0.25) is 0 Å². The first kappa shape index (κ1) is 24.7. The topological polar surface area (TPSA) is 69.7 Å². The lowest BCUT2D eigenvalue weighted by molar-refractivity contribution is -0.137. The summed E-state index contributed by atoms with van der Waals surface area (Å²) >= 11 is 4.53. The maximum absolute atomic E-state index is 13.2. The number of hydrogen-bond donors (Lipinski definition) is 1. The van der Waals surface area contributed by atoms with Crippen molar-refractivity contribution in [3.05, 3.63) is 45.7 Å². The molecule has 1 amide bonds. The van der Waals surface area contributed by atoms with Gasteiger partial charge in [0.25, 0.3) is 0 Å². The second-order valence-corrected chi connectivity index (χ2v) is 13.7. The fraction of sp³-hybridized carbons (Fsp3) is 0.542. The summed E-state index contributed by atoms with van der Waals surface area (Å²) in [6.45, 7) is 7.08. The van der Waals surface area contributed by atoms with Gasteiger partial charge in [0, 0.05) is 43.8 Å². The second-order valence-electron chi connectivity index (χ2n) is 9.29. The first-order valence-corrected chi connectivity index (χ1v) is 14.7. The van der Waals surface area contributed by atoms with Crippen molar-refractivity contribution >= 4 is 48.9 Å². The molecule has 1 atom stereocenters. The van der Waals surface area contributed by atoms with Crippen LogP contribution in [0.4, 0.5) is 5.69 Å². The lowest BCUT2D eigenvalue weighted by Crippen LogP contribution is -2.55. The van der Waals surface area contributed by atoms with E-state index in [1.54, 1.807) is 12.1 Å². The highest BCUT2D eigenvalue weighted by Crippen LogP contribution is 2.32. The molecule has 2 fully saturated rings. The Morgan fingerprint density at radius 3 is 2.39 bits per heavy atom. The molecule has 1 N–H and O–H groups in total. The molecule has 9 heteroatoms. The van der Waals surface area contributed by atoms with Crippen molar-refractivity contribution in [2.24, 2.45) is 11.8 Å². The number of sulfonamides is 1. The van der Waals surface area contributed by atoms with E-state index >= 15 is 0 Å². The molecule has 180 valence electrons. The van der Waals surface area contributed by atoms with Crippen molar-refractivity contribution in [2.45, 2.75) is 49.8 Å². The van der Waals surface area contributed by atoms with Crippen LogP contribution in [-0.4, -0.2) is 51.4 Å². The number of hydrogen-bond acceptors (Lipinski definition) is 5. The zero-order chi connectivity index (χ0) is 23.6. The molecule has 0 spiro atoms. The van der Waals surface area contributed by atoms with Gasteiger partial charge in [-0.2, -0.15) is 0 Å². The van der Waals surface area contributed by atoms with E-state index in [0.717, 1.165) is 49.1 Å². The maximum Gasteiger partial charge on any atom is 0.250 e. The summed E-state index contributed by atoms with van der Waals surface area (Å²) in [6.07, 6.45) is 3.43. The number of halogens is 1. The zero-order valence-electron chi connectivity index (χ0n) is 19.2. The van der Waals surface area contributed by atoms with Crippen LogP contribution in [0.3, 0.4) is 0 Å². The molecule has 4 rings (SSSR count). The lowest BCUT2D eigenvalue weighted by atomic mass is 9.81. The first-order valence-electron chi connectivity index (χ1n) is 11.6. The third-order valence-electron chi connectivity index (χ3n) is 6.88. The number of amides is 1. The van der Waals surface area contributed by atoms with E-state index in [0.29, 0.717) is 10.8 Å². The van der Waals surface area contributed by atoms with E-state index in [1.165, 1.54) is 22.6 Å². The van der Waals surface area contributed by atoms with Crippen molar-refractivity contribution in [1.82, 2.24) is 9.62 Å². The van der Waals surface area contributed by atoms with Crippen molar-refractivity contribution in [3.8, 4) is 0 Å². The Morgan fingerprint density at radius 1 is 1.09 bits per heavy atom. The van der Waals surface area contributed by atoms with Gasteiger partial charge in [0.1, 0.15) is 4.21 Å². The van der Waals surface area contributed by atoms with Crippen molar-refractivity contribution in [3.63, 3.8) is 0 Å². The molecule has 0 radical (unpaired) electrons. The van der Waals surface area contributed by atoms with Crippen LogP contribution >= 0.6 is 27.3 Å². The van der Waals surface area contributed by atoms with Crippen molar-refractivity contribution in [2.75, 3.05) is 31.1 Å². The average Bonchev–Trinajstić information content (AvgIpc) is 3.26. The van der Waals surface area contributed by atoms with E-state index in [-0.39, 0.29) is 23.8 Å². The quantitative estimate of drug-likeness (QED) is 0.565. The van der Waals surface area contributed by atoms with Gasteiger partial charge in [-0.25, -0.2) is 13.1 Å². The number of benzene rings is 1. The number of carbonyl (C=O) groups excluding carboxylic acids is 1. The molecule has 1 saturated heterocycles. The van der Waals surface area contributed by atoms with E-state index in [1.807, 2.05) is 4.90 Å². The summed E-state index contributed by atoms with van der Waals surface area (Å²) < 4.78 is 28.8. The van der Waals surface area contributed by atoms with Crippen molar-refractivity contribution in [1.29, 1.82) is 0 Å². The standard InChI is InChI=1S/C24H32BrN3O3S2/c1-17-3-9-21(10-4-17)28-14-13-27(16-18(28)2)24(29)20-7-5-19(6-8-20)15-26-33(30,31)23-12-11-22(25)32-23/h3-4,9-12,18-20,26H,5-8,13-16H2,1-2H3/t18-,19?,20?/m0/s1. The molecule has 1 aromatic heterocycles. The van der Waals surface area contributed by atoms with Gasteiger partial charge in [0.15, 0.2) is 0 Å². The molecular formula is C24H32BrN3O3S2. The minimum absolute atomic E-state index is 0.0595. The van der Waals surface area contributed by atoms with Crippen molar-refractivity contribution < 1.29 is 13.2 Å². The summed E-state index contributed by atoms with van der Waals surface area (Å²) in [4.78, 5) is 17.6.